The Hall–Kier alpha value is -3.86. The SMILES string of the molecule is COc1ccc(C(=O)N2CCN(c3nc(-c4cccc([N+](=O)[O-])c4)cs3)CC2)c(OC)c1OC. The van der Waals surface area contributed by atoms with Gasteiger partial charge in [-0.3, -0.25) is 14.9 Å². The van der Waals surface area contributed by atoms with Gasteiger partial charge in [0, 0.05) is 49.3 Å². The number of non-ortho nitro benzene ring substituents is 1. The van der Waals surface area contributed by atoms with Crippen molar-refractivity contribution in [2.75, 3.05) is 52.4 Å². The van der Waals surface area contributed by atoms with E-state index < -0.39 is 4.92 Å². The van der Waals surface area contributed by atoms with Gasteiger partial charge in [0.25, 0.3) is 11.6 Å². The Labute approximate surface area is 200 Å². The number of methoxy groups -OCH3 is 3. The number of nitrogens with zero attached hydrogens (tertiary/aromatic N) is 4. The standard InChI is InChI=1S/C23H24N4O6S/c1-31-19-8-7-17(20(32-2)21(19)33-3)22(28)25-9-11-26(12-10-25)23-24-18(14-34-23)15-5-4-6-16(13-15)27(29)30/h4-8,13-14H,9-12H2,1-3H3. The molecule has 0 atom stereocenters. The minimum atomic E-state index is -0.416. The van der Waals surface area contributed by atoms with Gasteiger partial charge in [-0.15, -0.1) is 11.3 Å². The number of aromatic nitrogens is 1. The summed E-state index contributed by atoms with van der Waals surface area (Å²) in [5.74, 6) is 1.07. The van der Waals surface area contributed by atoms with Gasteiger partial charge in [-0.25, -0.2) is 4.98 Å². The third-order valence-corrected chi connectivity index (χ3v) is 6.52. The molecule has 1 fully saturated rings. The van der Waals surface area contributed by atoms with E-state index in [1.165, 1.54) is 44.8 Å². The molecule has 0 aliphatic carbocycles. The number of carbonyl (C=O) groups is 1. The number of nitro benzene ring substituents is 1. The number of rotatable bonds is 7. The van der Waals surface area contributed by atoms with Crippen molar-refractivity contribution in [2.24, 2.45) is 0 Å². The molecule has 0 radical (unpaired) electrons. The number of ether oxygens (including phenoxy) is 3. The quantitative estimate of drug-likeness (QED) is 0.369. The van der Waals surface area contributed by atoms with Crippen LogP contribution in [0.15, 0.2) is 41.8 Å². The van der Waals surface area contributed by atoms with Crippen LogP contribution in [0.4, 0.5) is 10.8 Å². The molecule has 34 heavy (non-hydrogen) atoms. The van der Waals surface area contributed by atoms with Crippen LogP contribution in [-0.4, -0.2) is 68.2 Å². The first-order chi connectivity index (χ1) is 16.5. The fourth-order valence-corrected chi connectivity index (χ4v) is 4.75. The molecule has 0 unspecified atom stereocenters. The highest BCUT2D eigenvalue weighted by Crippen LogP contribution is 2.40. The van der Waals surface area contributed by atoms with Crippen molar-refractivity contribution in [1.82, 2.24) is 9.88 Å². The zero-order chi connectivity index (χ0) is 24.2. The Bertz CT molecular complexity index is 1210. The Morgan fingerprint density at radius 1 is 1.03 bits per heavy atom. The molecule has 0 N–H and O–H groups in total. The van der Waals surface area contributed by atoms with Crippen molar-refractivity contribution in [3.05, 3.63) is 57.5 Å². The van der Waals surface area contributed by atoms with E-state index in [1.807, 2.05) is 5.38 Å². The van der Waals surface area contributed by atoms with Crippen molar-refractivity contribution in [3.8, 4) is 28.5 Å². The molecule has 178 valence electrons. The Morgan fingerprint density at radius 2 is 1.76 bits per heavy atom. The fourth-order valence-electron chi connectivity index (χ4n) is 3.86. The summed E-state index contributed by atoms with van der Waals surface area (Å²) >= 11 is 1.48. The number of nitro groups is 1. The van der Waals surface area contributed by atoms with Crippen molar-refractivity contribution in [2.45, 2.75) is 0 Å². The summed E-state index contributed by atoms with van der Waals surface area (Å²) in [5, 5.41) is 13.8. The number of hydrogen-bond donors (Lipinski definition) is 0. The van der Waals surface area contributed by atoms with Gasteiger partial charge in [0.05, 0.1) is 37.5 Å². The lowest BCUT2D eigenvalue weighted by Crippen LogP contribution is -2.48. The van der Waals surface area contributed by atoms with Crippen molar-refractivity contribution in [3.63, 3.8) is 0 Å². The Morgan fingerprint density at radius 3 is 2.41 bits per heavy atom. The van der Waals surface area contributed by atoms with E-state index in [-0.39, 0.29) is 11.6 Å². The maximum Gasteiger partial charge on any atom is 0.270 e. The van der Waals surface area contributed by atoms with Crippen LogP contribution >= 0.6 is 11.3 Å². The summed E-state index contributed by atoms with van der Waals surface area (Å²) in [5.41, 5.74) is 1.84. The molecule has 0 spiro atoms. The first kappa shape index (κ1) is 23.3. The van der Waals surface area contributed by atoms with E-state index in [0.29, 0.717) is 60.2 Å². The minimum Gasteiger partial charge on any atom is -0.493 e. The van der Waals surface area contributed by atoms with Crippen LogP contribution in [0.2, 0.25) is 0 Å². The second kappa shape index (κ2) is 9.96. The number of benzene rings is 2. The molecule has 2 heterocycles. The highest BCUT2D eigenvalue weighted by atomic mass is 32.1. The lowest BCUT2D eigenvalue weighted by atomic mass is 10.1. The van der Waals surface area contributed by atoms with Crippen molar-refractivity contribution < 1.29 is 23.9 Å². The smallest absolute Gasteiger partial charge is 0.270 e. The minimum absolute atomic E-state index is 0.0322. The number of carbonyl (C=O) groups excluding carboxylic acids is 1. The predicted octanol–water partition coefficient (Wildman–Crippen LogP) is 3.71. The molecule has 2 aromatic carbocycles. The topological polar surface area (TPSA) is 107 Å². The van der Waals surface area contributed by atoms with Crippen LogP contribution in [-0.2, 0) is 0 Å². The summed E-state index contributed by atoms with van der Waals surface area (Å²) < 4.78 is 16.2. The van der Waals surface area contributed by atoms with Gasteiger partial charge < -0.3 is 24.0 Å². The van der Waals surface area contributed by atoms with Gasteiger partial charge in [0.2, 0.25) is 5.75 Å². The fraction of sp³-hybridized carbons (Fsp3) is 0.304. The van der Waals surface area contributed by atoms with Gasteiger partial charge in [-0.2, -0.15) is 0 Å². The zero-order valence-corrected chi connectivity index (χ0v) is 19.8. The maximum atomic E-state index is 13.2. The zero-order valence-electron chi connectivity index (χ0n) is 19.0. The second-order valence-electron chi connectivity index (χ2n) is 7.48. The van der Waals surface area contributed by atoms with Gasteiger partial charge in [0.1, 0.15) is 0 Å². The predicted molar refractivity (Wildman–Crippen MR) is 128 cm³/mol. The number of hydrogen-bond acceptors (Lipinski definition) is 9. The maximum absolute atomic E-state index is 13.2. The molecular formula is C23H24N4O6S. The number of anilines is 1. The molecule has 1 amide bonds. The monoisotopic (exact) mass is 484 g/mol. The van der Waals surface area contributed by atoms with Crippen LogP contribution in [0.25, 0.3) is 11.3 Å². The average Bonchev–Trinajstić information content (AvgIpc) is 3.38. The molecule has 10 nitrogen and oxygen atoms in total. The first-order valence-electron chi connectivity index (χ1n) is 10.5. The second-order valence-corrected chi connectivity index (χ2v) is 8.32. The van der Waals surface area contributed by atoms with Gasteiger partial charge in [-0.05, 0) is 12.1 Å². The summed E-state index contributed by atoms with van der Waals surface area (Å²) in [6.45, 7) is 2.26. The summed E-state index contributed by atoms with van der Waals surface area (Å²) in [7, 11) is 4.53. The molecular weight excluding hydrogens is 460 g/mol. The van der Waals surface area contributed by atoms with Crippen LogP contribution in [0.3, 0.4) is 0 Å². The van der Waals surface area contributed by atoms with E-state index in [9.17, 15) is 14.9 Å². The van der Waals surface area contributed by atoms with Crippen LogP contribution in [0.5, 0.6) is 17.2 Å². The van der Waals surface area contributed by atoms with Crippen molar-refractivity contribution >= 4 is 28.1 Å². The summed E-state index contributed by atoms with van der Waals surface area (Å²) in [6.07, 6.45) is 0. The molecule has 1 aliphatic rings. The van der Waals surface area contributed by atoms with Gasteiger partial charge in [0.15, 0.2) is 16.6 Å². The molecule has 3 aromatic rings. The van der Waals surface area contributed by atoms with Gasteiger partial charge in [-0.1, -0.05) is 12.1 Å². The van der Waals surface area contributed by atoms with E-state index in [2.05, 4.69) is 9.88 Å². The molecule has 1 aromatic heterocycles. The van der Waals surface area contributed by atoms with Crippen molar-refractivity contribution in [1.29, 1.82) is 0 Å². The van der Waals surface area contributed by atoms with E-state index in [4.69, 9.17) is 14.2 Å². The summed E-state index contributed by atoms with van der Waals surface area (Å²) in [4.78, 5) is 32.4. The van der Waals surface area contributed by atoms with E-state index in [0.717, 1.165) is 5.13 Å². The lowest BCUT2D eigenvalue weighted by Gasteiger charge is -2.35. The molecule has 11 heteroatoms. The molecule has 0 saturated carbocycles. The molecule has 4 rings (SSSR count). The molecule has 1 saturated heterocycles. The van der Waals surface area contributed by atoms with Crippen LogP contribution in [0.1, 0.15) is 10.4 Å². The largest absolute Gasteiger partial charge is 0.493 e. The highest BCUT2D eigenvalue weighted by molar-refractivity contribution is 7.14. The number of amides is 1. The molecule has 0 bridgehead atoms. The third kappa shape index (κ3) is 4.46. The van der Waals surface area contributed by atoms with Crippen LogP contribution in [0, 0.1) is 10.1 Å². The van der Waals surface area contributed by atoms with Crippen LogP contribution < -0.4 is 19.1 Å². The highest BCUT2D eigenvalue weighted by Gasteiger charge is 2.28. The van der Waals surface area contributed by atoms with E-state index >= 15 is 0 Å². The number of thiazole rings is 1. The lowest BCUT2D eigenvalue weighted by molar-refractivity contribution is -0.384. The van der Waals surface area contributed by atoms with E-state index in [1.54, 1.807) is 29.2 Å². The Kier molecular flexibility index (Phi) is 6.82. The Balaban J connectivity index is 1.46. The third-order valence-electron chi connectivity index (χ3n) is 5.62. The first-order valence-corrected chi connectivity index (χ1v) is 11.4. The molecule has 1 aliphatic heterocycles. The van der Waals surface area contributed by atoms with Gasteiger partial charge >= 0.3 is 0 Å². The number of piperazine rings is 1. The normalized spacial score (nSPS) is 13.5. The average molecular weight is 485 g/mol. The summed E-state index contributed by atoms with van der Waals surface area (Å²) in [6, 6.07) is 9.81.